The van der Waals surface area contributed by atoms with Gasteiger partial charge in [0.25, 0.3) is 0 Å². The summed E-state index contributed by atoms with van der Waals surface area (Å²) in [5, 5.41) is 3.04. The topological polar surface area (TPSA) is 61.9 Å². The fourth-order valence-electron chi connectivity index (χ4n) is 3.52. The van der Waals surface area contributed by atoms with E-state index in [4.69, 9.17) is 4.74 Å². The Morgan fingerprint density at radius 3 is 2.92 bits per heavy atom. The van der Waals surface area contributed by atoms with Gasteiger partial charge in [0.2, 0.25) is 5.91 Å². The lowest BCUT2D eigenvalue weighted by Gasteiger charge is -2.35. The molecule has 0 saturated carbocycles. The first-order valence-corrected chi connectivity index (χ1v) is 9.16. The van der Waals surface area contributed by atoms with Gasteiger partial charge in [0, 0.05) is 30.9 Å². The number of urea groups is 1. The predicted octanol–water partition coefficient (Wildman–Crippen LogP) is 3.15. The highest BCUT2D eigenvalue weighted by atomic mass is 16.5. The number of amides is 3. The molecule has 2 aliphatic rings. The first-order valence-electron chi connectivity index (χ1n) is 9.16. The van der Waals surface area contributed by atoms with Crippen molar-refractivity contribution in [2.24, 2.45) is 0 Å². The largest absolute Gasteiger partial charge is 0.377 e. The third-order valence-corrected chi connectivity index (χ3v) is 4.96. The van der Waals surface area contributed by atoms with Gasteiger partial charge in [-0.25, -0.2) is 4.79 Å². The van der Waals surface area contributed by atoms with E-state index >= 15 is 0 Å². The number of nitrogens with zero attached hydrogens (tertiary/aromatic N) is 2. The molecule has 3 rings (SSSR count). The molecule has 0 aromatic heterocycles. The van der Waals surface area contributed by atoms with Crippen LogP contribution in [0.1, 0.15) is 38.2 Å². The van der Waals surface area contributed by atoms with E-state index in [-0.39, 0.29) is 18.0 Å². The molecule has 1 aromatic carbocycles. The Balaban J connectivity index is 1.75. The van der Waals surface area contributed by atoms with Crippen LogP contribution in [-0.4, -0.2) is 49.2 Å². The molecular weight excluding hydrogens is 318 g/mol. The van der Waals surface area contributed by atoms with Crippen molar-refractivity contribution in [3.8, 4) is 0 Å². The zero-order valence-electron chi connectivity index (χ0n) is 15.1. The van der Waals surface area contributed by atoms with Crippen molar-refractivity contribution < 1.29 is 14.3 Å². The van der Waals surface area contributed by atoms with E-state index in [1.165, 1.54) is 0 Å². The fraction of sp³-hybridized carbons (Fsp3) is 0.579. The van der Waals surface area contributed by atoms with Crippen LogP contribution in [0, 0.1) is 6.92 Å². The van der Waals surface area contributed by atoms with Crippen LogP contribution in [0.4, 0.5) is 16.2 Å². The molecule has 3 amide bonds. The Morgan fingerprint density at radius 2 is 2.20 bits per heavy atom. The Kier molecular flexibility index (Phi) is 5.58. The predicted molar refractivity (Wildman–Crippen MR) is 98.0 cm³/mol. The molecule has 6 heteroatoms. The van der Waals surface area contributed by atoms with E-state index < -0.39 is 0 Å². The molecule has 2 fully saturated rings. The number of benzene rings is 1. The maximum Gasteiger partial charge on any atom is 0.322 e. The summed E-state index contributed by atoms with van der Waals surface area (Å²) in [6.45, 7) is 6.62. The van der Waals surface area contributed by atoms with Gasteiger partial charge in [0.1, 0.15) is 0 Å². The van der Waals surface area contributed by atoms with E-state index in [1.807, 2.05) is 30.0 Å². The summed E-state index contributed by atoms with van der Waals surface area (Å²) in [5.74, 6) is 0.150. The summed E-state index contributed by atoms with van der Waals surface area (Å²) in [7, 11) is 0. The summed E-state index contributed by atoms with van der Waals surface area (Å²) in [6, 6.07) is 5.85. The fourth-order valence-corrected chi connectivity index (χ4v) is 3.52. The van der Waals surface area contributed by atoms with Crippen LogP contribution < -0.4 is 10.2 Å². The number of aryl methyl sites for hydroxylation is 1. The molecule has 1 N–H and O–H groups in total. The van der Waals surface area contributed by atoms with Crippen molar-refractivity contribution in [3.63, 3.8) is 0 Å². The van der Waals surface area contributed by atoms with E-state index in [1.54, 1.807) is 4.90 Å². The number of hydrogen-bond donors (Lipinski definition) is 1. The van der Waals surface area contributed by atoms with Gasteiger partial charge < -0.3 is 19.9 Å². The third kappa shape index (κ3) is 3.95. The molecule has 0 bridgehead atoms. The van der Waals surface area contributed by atoms with Crippen molar-refractivity contribution in [2.75, 3.05) is 36.5 Å². The van der Waals surface area contributed by atoms with Gasteiger partial charge in [-0.2, -0.15) is 0 Å². The monoisotopic (exact) mass is 345 g/mol. The van der Waals surface area contributed by atoms with Crippen LogP contribution >= 0.6 is 0 Å². The van der Waals surface area contributed by atoms with Crippen molar-refractivity contribution in [3.05, 3.63) is 23.8 Å². The molecule has 6 nitrogen and oxygen atoms in total. The van der Waals surface area contributed by atoms with Crippen molar-refractivity contribution in [2.45, 2.75) is 45.6 Å². The van der Waals surface area contributed by atoms with E-state index in [0.717, 1.165) is 42.7 Å². The molecule has 1 atom stereocenters. The van der Waals surface area contributed by atoms with Crippen molar-refractivity contribution in [1.29, 1.82) is 0 Å². The van der Waals surface area contributed by atoms with Gasteiger partial charge in [-0.3, -0.25) is 4.79 Å². The smallest absolute Gasteiger partial charge is 0.322 e. The summed E-state index contributed by atoms with van der Waals surface area (Å²) in [4.78, 5) is 28.4. The average Bonchev–Trinajstić information content (AvgIpc) is 3.03. The maximum absolute atomic E-state index is 12.8. The van der Waals surface area contributed by atoms with Gasteiger partial charge in [0.05, 0.1) is 19.3 Å². The van der Waals surface area contributed by atoms with Crippen LogP contribution in [-0.2, 0) is 9.53 Å². The zero-order valence-corrected chi connectivity index (χ0v) is 15.1. The molecule has 0 spiro atoms. The minimum absolute atomic E-state index is 0.0882. The molecule has 1 aromatic rings. The van der Waals surface area contributed by atoms with Crippen LogP contribution in [0.15, 0.2) is 18.2 Å². The molecule has 2 heterocycles. The first kappa shape index (κ1) is 17.7. The summed E-state index contributed by atoms with van der Waals surface area (Å²) in [5.41, 5.74) is 2.61. The third-order valence-electron chi connectivity index (χ3n) is 4.96. The van der Waals surface area contributed by atoms with Crippen molar-refractivity contribution >= 4 is 23.3 Å². The quantitative estimate of drug-likeness (QED) is 0.912. The summed E-state index contributed by atoms with van der Waals surface area (Å²) in [6.07, 6.45) is 3.45. The van der Waals surface area contributed by atoms with E-state index in [2.05, 4.69) is 12.2 Å². The SMILES string of the molecule is CCC[C@H]1COCCN1C(=O)Nc1cc(N2CCCC2=O)ccc1C. The molecule has 0 radical (unpaired) electrons. The standard InChI is InChI=1S/C19H27N3O3/c1-3-5-16-13-25-11-10-22(16)19(24)20-17-12-15(8-7-14(17)2)21-9-4-6-18(21)23/h7-8,12,16H,3-6,9-11,13H2,1-2H3,(H,20,24)/t16-/m0/s1. The highest BCUT2D eigenvalue weighted by Crippen LogP contribution is 2.27. The molecular formula is C19H27N3O3. The number of ether oxygens (including phenoxy) is 1. The second kappa shape index (κ2) is 7.87. The van der Waals surface area contributed by atoms with Crippen LogP contribution in [0.25, 0.3) is 0 Å². The normalized spacial score (nSPS) is 20.9. The van der Waals surface area contributed by atoms with E-state index in [9.17, 15) is 9.59 Å². The lowest BCUT2D eigenvalue weighted by Crippen LogP contribution is -2.50. The number of hydrogen-bond acceptors (Lipinski definition) is 3. The number of anilines is 2. The minimum atomic E-state index is -0.0882. The Hall–Kier alpha value is -2.08. The van der Waals surface area contributed by atoms with Crippen LogP contribution in [0.5, 0.6) is 0 Å². The second-order valence-electron chi connectivity index (χ2n) is 6.79. The number of morpholine rings is 1. The Morgan fingerprint density at radius 1 is 1.36 bits per heavy atom. The maximum atomic E-state index is 12.8. The van der Waals surface area contributed by atoms with Crippen LogP contribution in [0.3, 0.4) is 0 Å². The van der Waals surface area contributed by atoms with Gasteiger partial charge in [-0.05, 0) is 37.5 Å². The minimum Gasteiger partial charge on any atom is -0.377 e. The van der Waals surface area contributed by atoms with Gasteiger partial charge in [0.15, 0.2) is 0 Å². The number of nitrogens with one attached hydrogen (secondary N) is 1. The zero-order chi connectivity index (χ0) is 17.8. The second-order valence-corrected chi connectivity index (χ2v) is 6.79. The lowest BCUT2D eigenvalue weighted by atomic mass is 10.1. The lowest BCUT2D eigenvalue weighted by molar-refractivity contribution is -0.117. The van der Waals surface area contributed by atoms with E-state index in [0.29, 0.717) is 26.2 Å². The number of rotatable bonds is 4. The molecule has 25 heavy (non-hydrogen) atoms. The Labute approximate surface area is 149 Å². The van der Waals surface area contributed by atoms with Gasteiger partial charge in [-0.1, -0.05) is 19.4 Å². The average molecular weight is 345 g/mol. The van der Waals surface area contributed by atoms with Gasteiger partial charge in [-0.15, -0.1) is 0 Å². The highest BCUT2D eigenvalue weighted by Gasteiger charge is 2.27. The first-order chi connectivity index (χ1) is 12.1. The van der Waals surface area contributed by atoms with Crippen molar-refractivity contribution in [1.82, 2.24) is 4.90 Å². The van der Waals surface area contributed by atoms with Gasteiger partial charge >= 0.3 is 6.03 Å². The number of carbonyl (C=O) groups excluding carboxylic acids is 2. The Bertz CT molecular complexity index is 645. The summed E-state index contributed by atoms with van der Waals surface area (Å²) >= 11 is 0. The molecule has 136 valence electrons. The molecule has 0 unspecified atom stereocenters. The highest BCUT2D eigenvalue weighted by molar-refractivity contribution is 5.97. The summed E-state index contributed by atoms with van der Waals surface area (Å²) < 4.78 is 5.52. The molecule has 0 aliphatic carbocycles. The molecule has 2 saturated heterocycles. The number of carbonyl (C=O) groups is 2. The van der Waals surface area contributed by atoms with Crippen LogP contribution in [0.2, 0.25) is 0 Å². The molecule has 2 aliphatic heterocycles.